The van der Waals surface area contributed by atoms with E-state index < -0.39 is 27.5 Å². The zero-order valence-corrected chi connectivity index (χ0v) is 21.5. The lowest BCUT2D eigenvalue weighted by molar-refractivity contribution is -0.141. The third-order valence-corrected chi connectivity index (χ3v) is 7.65. The number of nitrogens with zero attached hydrogens (tertiary/aromatic N) is 2. The van der Waals surface area contributed by atoms with Gasteiger partial charge in [0.05, 0.1) is 5.56 Å². The van der Waals surface area contributed by atoms with Gasteiger partial charge in [0.25, 0.3) is 15.9 Å². The van der Waals surface area contributed by atoms with Crippen molar-refractivity contribution in [3.8, 4) is 0 Å². The fourth-order valence-electron chi connectivity index (χ4n) is 4.14. The van der Waals surface area contributed by atoms with Crippen molar-refractivity contribution < 1.29 is 22.8 Å². The van der Waals surface area contributed by atoms with Crippen LogP contribution in [0.2, 0.25) is 0 Å². The Morgan fingerprint density at radius 1 is 1.03 bits per heavy atom. The molecule has 0 fully saturated rings. The molecule has 2 aromatic rings. The predicted octanol–water partition coefficient (Wildman–Crippen LogP) is 2.99. The highest BCUT2D eigenvalue weighted by Crippen LogP contribution is 2.30. The number of hydrogen-bond donors (Lipinski definition) is 1. The van der Waals surface area contributed by atoms with Gasteiger partial charge in [-0.3, -0.25) is 14.4 Å². The average molecular weight is 500 g/mol. The number of fused-ring (bicyclic) bond motifs is 1. The zero-order valence-electron chi connectivity index (χ0n) is 20.7. The van der Waals surface area contributed by atoms with E-state index in [4.69, 9.17) is 0 Å². The maximum absolute atomic E-state index is 13.4. The summed E-state index contributed by atoms with van der Waals surface area (Å²) in [6.45, 7) is 7.45. The first-order chi connectivity index (χ1) is 16.5. The van der Waals surface area contributed by atoms with Crippen molar-refractivity contribution in [2.24, 2.45) is 0 Å². The van der Waals surface area contributed by atoms with Gasteiger partial charge in [0.1, 0.15) is 10.9 Å². The molecule has 0 bridgehead atoms. The van der Waals surface area contributed by atoms with Gasteiger partial charge in [-0.2, -0.15) is 0 Å². The fourth-order valence-corrected chi connectivity index (χ4v) is 5.71. The molecule has 1 heterocycles. The van der Waals surface area contributed by atoms with Crippen LogP contribution in [0.1, 0.15) is 56.5 Å². The van der Waals surface area contributed by atoms with Gasteiger partial charge in [-0.05, 0) is 51.3 Å². The van der Waals surface area contributed by atoms with Crippen LogP contribution >= 0.6 is 0 Å². The van der Waals surface area contributed by atoms with Crippen LogP contribution in [0.4, 0.5) is 0 Å². The second-order valence-corrected chi connectivity index (χ2v) is 11.4. The molecule has 0 spiro atoms. The lowest BCUT2D eigenvalue weighted by Crippen LogP contribution is -2.54. The Bertz CT molecular complexity index is 1190. The molecule has 2 aromatic carbocycles. The van der Waals surface area contributed by atoms with Crippen molar-refractivity contribution in [1.29, 1.82) is 0 Å². The Kier molecular flexibility index (Phi) is 8.00. The highest BCUT2D eigenvalue weighted by atomic mass is 32.2. The second-order valence-electron chi connectivity index (χ2n) is 9.61. The Morgan fingerprint density at radius 2 is 1.66 bits per heavy atom. The number of benzene rings is 2. The van der Waals surface area contributed by atoms with E-state index in [1.807, 2.05) is 58.0 Å². The lowest BCUT2D eigenvalue weighted by Gasteiger charge is -2.33. The lowest BCUT2D eigenvalue weighted by atomic mass is 10.0. The van der Waals surface area contributed by atoms with E-state index in [0.29, 0.717) is 19.4 Å². The maximum atomic E-state index is 13.4. The minimum Gasteiger partial charge on any atom is -0.350 e. The van der Waals surface area contributed by atoms with E-state index in [0.717, 1.165) is 9.87 Å². The number of sulfonamides is 1. The number of hydrogen-bond acceptors (Lipinski definition) is 5. The van der Waals surface area contributed by atoms with Crippen molar-refractivity contribution in [3.05, 3.63) is 65.7 Å². The first-order valence-electron chi connectivity index (χ1n) is 11.8. The van der Waals surface area contributed by atoms with Crippen molar-refractivity contribution >= 4 is 27.7 Å². The van der Waals surface area contributed by atoms with Crippen LogP contribution in [0.3, 0.4) is 0 Å². The SMILES string of the molecule is CC[C@@H](C(=O)NC(C)(C)C)N(CCc1ccccc1)C(=O)CCN1C(=O)c2ccccc2S1(=O)=O. The van der Waals surface area contributed by atoms with Crippen molar-refractivity contribution in [3.63, 3.8) is 0 Å². The molecular formula is C26H33N3O5S. The van der Waals surface area contributed by atoms with Crippen LogP contribution in [0.15, 0.2) is 59.5 Å². The Balaban J connectivity index is 1.79. The molecule has 1 atom stereocenters. The number of carbonyl (C=O) groups excluding carboxylic acids is 3. The summed E-state index contributed by atoms with van der Waals surface area (Å²) in [7, 11) is -4.00. The topological polar surface area (TPSA) is 104 Å². The number of amides is 3. The second kappa shape index (κ2) is 10.6. The summed E-state index contributed by atoms with van der Waals surface area (Å²) in [4.78, 5) is 40.6. The molecule has 0 radical (unpaired) electrons. The van der Waals surface area contributed by atoms with E-state index in [9.17, 15) is 22.8 Å². The highest BCUT2D eigenvalue weighted by molar-refractivity contribution is 7.90. The summed E-state index contributed by atoms with van der Waals surface area (Å²) in [5.41, 5.74) is 0.654. The molecule has 0 saturated heterocycles. The molecule has 1 N–H and O–H groups in total. The van der Waals surface area contributed by atoms with Crippen LogP contribution in [0.5, 0.6) is 0 Å². The van der Waals surface area contributed by atoms with Crippen LogP contribution in [-0.4, -0.2) is 60.0 Å². The van der Waals surface area contributed by atoms with Gasteiger partial charge in [-0.1, -0.05) is 49.4 Å². The summed E-state index contributed by atoms with van der Waals surface area (Å²) < 4.78 is 26.5. The summed E-state index contributed by atoms with van der Waals surface area (Å²) in [6.07, 6.45) is 0.722. The average Bonchev–Trinajstić information content (AvgIpc) is 2.99. The van der Waals surface area contributed by atoms with E-state index in [1.165, 1.54) is 17.0 Å². The zero-order chi connectivity index (χ0) is 25.8. The smallest absolute Gasteiger partial charge is 0.269 e. The first kappa shape index (κ1) is 26.4. The molecule has 0 saturated carbocycles. The molecule has 8 nitrogen and oxygen atoms in total. The molecule has 35 heavy (non-hydrogen) atoms. The summed E-state index contributed by atoms with van der Waals surface area (Å²) >= 11 is 0. The first-order valence-corrected chi connectivity index (χ1v) is 13.2. The molecule has 3 rings (SSSR count). The molecular weight excluding hydrogens is 466 g/mol. The van der Waals surface area contributed by atoms with Crippen molar-refractivity contribution in [2.45, 2.75) is 63.4 Å². The van der Waals surface area contributed by atoms with Crippen molar-refractivity contribution in [1.82, 2.24) is 14.5 Å². The molecule has 3 amide bonds. The van der Waals surface area contributed by atoms with E-state index >= 15 is 0 Å². The number of nitrogens with one attached hydrogen (secondary N) is 1. The quantitative estimate of drug-likeness (QED) is 0.571. The van der Waals surface area contributed by atoms with Crippen LogP contribution in [-0.2, 0) is 26.0 Å². The van der Waals surface area contributed by atoms with Gasteiger partial charge in [0.15, 0.2) is 0 Å². The van der Waals surface area contributed by atoms with Crippen LogP contribution in [0.25, 0.3) is 0 Å². The third kappa shape index (κ3) is 6.08. The summed E-state index contributed by atoms with van der Waals surface area (Å²) in [5.74, 6) is -1.28. The minimum atomic E-state index is -4.00. The molecule has 188 valence electrons. The van der Waals surface area contributed by atoms with E-state index in [1.54, 1.807) is 12.1 Å². The minimum absolute atomic E-state index is 0.0469. The molecule has 0 aliphatic carbocycles. The number of rotatable bonds is 9. The third-order valence-electron chi connectivity index (χ3n) is 5.81. The van der Waals surface area contributed by atoms with Gasteiger partial charge in [-0.15, -0.1) is 0 Å². The molecule has 1 aliphatic heterocycles. The van der Waals surface area contributed by atoms with E-state index in [2.05, 4.69) is 5.32 Å². The largest absolute Gasteiger partial charge is 0.350 e. The Labute approximate surface area is 207 Å². The van der Waals surface area contributed by atoms with Gasteiger partial charge in [0, 0.05) is 25.0 Å². The summed E-state index contributed by atoms with van der Waals surface area (Å²) in [5, 5.41) is 2.94. The predicted molar refractivity (Wildman–Crippen MR) is 133 cm³/mol. The molecule has 0 unspecified atom stereocenters. The van der Waals surface area contributed by atoms with Crippen molar-refractivity contribution in [2.75, 3.05) is 13.1 Å². The van der Waals surface area contributed by atoms with Gasteiger partial charge >= 0.3 is 0 Å². The maximum Gasteiger partial charge on any atom is 0.269 e. The van der Waals surface area contributed by atoms with Gasteiger partial charge < -0.3 is 10.2 Å². The molecule has 0 aromatic heterocycles. The van der Waals surface area contributed by atoms with Gasteiger partial charge in [-0.25, -0.2) is 12.7 Å². The monoisotopic (exact) mass is 499 g/mol. The van der Waals surface area contributed by atoms with Crippen LogP contribution < -0.4 is 5.32 Å². The van der Waals surface area contributed by atoms with Gasteiger partial charge in [0.2, 0.25) is 11.8 Å². The Hall–Kier alpha value is -3.20. The Morgan fingerprint density at radius 3 is 2.26 bits per heavy atom. The normalized spacial score (nSPS) is 15.4. The standard InChI is InChI=1S/C26H33N3O5S/c1-5-21(24(31)27-26(2,3)4)28(17-15-19-11-7-6-8-12-19)23(30)16-18-29-25(32)20-13-9-10-14-22(20)35(29,33)34/h6-14,21H,5,15-18H2,1-4H3,(H,27,31)/t21-/m0/s1. The van der Waals surface area contributed by atoms with E-state index in [-0.39, 0.29) is 35.2 Å². The highest BCUT2D eigenvalue weighted by Gasteiger charge is 2.41. The molecule has 1 aliphatic rings. The molecule has 9 heteroatoms. The fraction of sp³-hybridized carbons (Fsp3) is 0.423. The number of carbonyl (C=O) groups is 3. The van der Waals surface area contributed by atoms with Crippen LogP contribution in [0, 0.1) is 0 Å². The summed E-state index contributed by atoms with van der Waals surface area (Å²) in [6, 6.07) is 14.9.